The van der Waals surface area contributed by atoms with Crippen molar-refractivity contribution in [2.75, 3.05) is 18.4 Å². The van der Waals surface area contributed by atoms with Gasteiger partial charge in [0.15, 0.2) is 0 Å². The number of nitrogens with one attached hydrogen (secondary N) is 1. The molecule has 3 aromatic carbocycles. The summed E-state index contributed by atoms with van der Waals surface area (Å²) in [5.74, 6) is 0. The van der Waals surface area contributed by atoms with Crippen molar-refractivity contribution in [1.82, 2.24) is 9.47 Å². The molecule has 1 N–H and O–H groups in total. The topological polar surface area (TPSA) is 20.2 Å². The van der Waals surface area contributed by atoms with E-state index in [1.54, 1.807) is 6.07 Å². The Labute approximate surface area is 203 Å². The summed E-state index contributed by atoms with van der Waals surface area (Å²) in [4.78, 5) is 2.56. The molecule has 1 fully saturated rings. The number of anilines is 1. The minimum atomic E-state index is -4.34. The normalized spacial score (nSPS) is 20.4. The van der Waals surface area contributed by atoms with Gasteiger partial charge in [-0.25, -0.2) is 0 Å². The van der Waals surface area contributed by atoms with Gasteiger partial charge in [0.1, 0.15) is 0 Å². The van der Waals surface area contributed by atoms with Gasteiger partial charge >= 0.3 is 6.18 Å². The molecule has 2 unspecified atom stereocenters. The summed E-state index contributed by atoms with van der Waals surface area (Å²) in [6.45, 7) is 2.77. The number of benzene rings is 3. The molecule has 0 saturated carbocycles. The predicted octanol–water partition coefficient (Wildman–Crippen LogP) is 6.88. The fourth-order valence-electron chi connectivity index (χ4n) is 5.95. The first kappa shape index (κ1) is 22.2. The molecule has 0 radical (unpaired) electrons. The third-order valence-corrected chi connectivity index (χ3v) is 7.54. The summed E-state index contributed by atoms with van der Waals surface area (Å²) >= 11 is 0. The summed E-state index contributed by atoms with van der Waals surface area (Å²) < 4.78 is 42.1. The van der Waals surface area contributed by atoms with E-state index in [0.29, 0.717) is 5.69 Å². The van der Waals surface area contributed by atoms with Crippen molar-refractivity contribution < 1.29 is 13.2 Å². The number of rotatable bonds is 4. The number of aromatic nitrogens is 1. The second-order valence-electron chi connectivity index (χ2n) is 9.70. The molecule has 1 aromatic heterocycles. The maximum absolute atomic E-state index is 13.2. The Morgan fingerprint density at radius 1 is 0.886 bits per heavy atom. The highest BCUT2D eigenvalue weighted by atomic mass is 19.4. The zero-order chi connectivity index (χ0) is 24.0. The largest absolute Gasteiger partial charge is 0.416 e. The summed E-state index contributed by atoms with van der Waals surface area (Å²) in [5.41, 5.74) is 5.26. The van der Waals surface area contributed by atoms with Gasteiger partial charge in [-0.15, -0.1) is 0 Å². The molecule has 2 atom stereocenters. The van der Waals surface area contributed by atoms with Crippen LogP contribution < -0.4 is 5.32 Å². The number of halogens is 3. The molecule has 2 aliphatic heterocycles. The molecular formula is C29H28F3N3. The molecule has 6 heteroatoms. The van der Waals surface area contributed by atoms with E-state index in [1.165, 1.54) is 39.9 Å². The van der Waals surface area contributed by atoms with Crippen molar-refractivity contribution in [3.05, 3.63) is 101 Å². The van der Waals surface area contributed by atoms with E-state index in [0.717, 1.165) is 45.0 Å². The van der Waals surface area contributed by atoms with E-state index < -0.39 is 11.7 Å². The van der Waals surface area contributed by atoms with Gasteiger partial charge in [-0.2, -0.15) is 13.2 Å². The van der Waals surface area contributed by atoms with Crippen LogP contribution in [0.2, 0.25) is 0 Å². The van der Waals surface area contributed by atoms with Crippen LogP contribution in [0.5, 0.6) is 0 Å². The van der Waals surface area contributed by atoms with Crippen molar-refractivity contribution in [2.45, 2.75) is 44.1 Å². The minimum Gasteiger partial charge on any atom is -0.382 e. The van der Waals surface area contributed by atoms with Crippen LogP contribution in [0.1, 0.15) is 41.3 Å². The van der Waals surface area contributed by atoms with Crippen molar-refractivity contribution in [3.63, 3.8) is 0 Å². The molecule has 6 rings (SSSR count). The number of nitrogens with zero attached hydrogens (tertiary/aromatic N) is 2. The molecule has 0 aliphatic carbocycles. The smallest absolute Gasteiger partial charge is 0.382 e. The van der Waals surface area contributed by atoms with Gasteiger partial charge < -0.3 is 9.88 Å². The lowest BCUT2D eigenvalue weighted by atomic mass is 9.88. The van der Waals surface area contributed by atoms with Crippen LogP contribution in [0, 0.1) is 0 Å². The number of hydrogen-bond acceptors (Lipinski definition) is 2. The van der Waals surface area contributed by atoms with Crippen molar-refractivity contribution >= 4 is 16.6 Å². The highest BCUT2D eigenvalue weighted by Crippen LogP contribution is 2.42. The first-order chi connectivity index (χ1) is 17.0. The Balaban J connectivity index is 1.34. The fraction of sp³-hybridized carbons (Fsp3) is 0.310. The van der Waals surface area contributed by atoms with Crippen LogP contribution in [-0.4, -0.2) is 28.6 Å². The monoisotopic (exact) mass is 475 g/mol. The molecule has 0 amide bonds. The average molecular weight is 476 g/mol. The third-order valence-electron chi connectivity index (χ3n) is 7.54. The molecule has 35 heavy (non-hydrogen) atoms. The second kappa shape index (κ2) is 8.76. The van der Waals surface area contributed by atoms with Crippen LogP contribution in [0.3, 0.4) is 0 Å². The maximum Gasteiger partial charge on any atom is 0.416 e. The Morgan fingerprint density at radius 2 is 1.69 bits per heavy atom. The van der Waals surface area contributed by atoms with Gasteiger partial charge in [0.25, 0.3) is 0 Å². The summed E-state index contributed by atoms with van der Waals surface area (Å²) in [6, 6.07) is 25.1. The van der Waals surface area contributed by atoms with E-state index in [1.807, 2.05) is 6.07 Å². The maximum atomic E-state index is 13.2. The Kier molecular flexibility index (Phi) is 5.56. The number of alkyl halides is 3. The van der Waals surface area contributed by atoms with Gasteiger partial charge in [-0.1, -0.05) is 54.6 Å². The van der Waals surface area contributed by atoms with E-state index in [9.17, 15) is 13.2 Å². The predicted molar refractivity (Wildman–Crippen MR) is 134 cm³/mol. The van der Waals surface area contributed by atoms with Crippen molar-refractivity contribution in [1.29, 1.82) is 0 Å². The lowest BCUT2D eigenvalue weighted by Gasteiger charge is -2.43. The number of piperidine rings is 1. The van der Waals surface area contributed by atoms with Crippen LogP contribution in [-0.2, 0) is 19.1 Å². The zero-order valence-electron chi connectivity index (χ0n) is 19.4. The molecule has 1 saturated heterocycles. The highest BCUT2D eigenvalue weighted by Gasteiger charge is 2.37. The first-order valence-electron chi connectivity index (χ1n) is 12.3. The average Bonchev–Trinajstić information content (AvgIpc) is 3.18. The van der Waals surface area contributed by atoms with E-state index >= 15 is 0 Å². The Hall–Kier alpha value is -3.25. The third kappa shape index (κ3) is 4.20. The fourth-order valence-corrected chi connectivity index (χ4v) is 5.95. The molecule has 0 bridgehead atoms. The lowest BCUT2D eigenvalue weighted by molar-refractivity contribution is -0.137. The summed E-state index contributed by atoms with van der Waals surface area (Å²) in [5, 5.41) is 4.75. The summed E-state index contributed by atoms with van der Waals surface area (Å²) in [7, 11) is 0. The first-order valence-corrected chi connectivity index (χ1v) is 12.3. The van der Waals surface area contributed by atoms with Gasteiger partial charge in [0.2, 0.25) is 0 Å². The quantitative estimate of drug-likeness (QED) is 0.347. The molecular weight excluding hydrogens is 447 g/mol. The molecule has 2 aliphatic rings. The second-order valence-corrected chi connectivity index (χ2v) is 9.70. The van der Waals surface area contributed by atoms with Crippen molar-refractivity contribution in [3.8, 4) is 0 Å². The Bertz CT molecular complexity index is 1340. The van der Waals surface area contributed by atoms with Gasteiger partial charge in [-0.3, -0.25) is 4.90 Å². The van der Waals surface area contributed by atoms with E-state index in [-0.39, 0.29) is 12.1 Å². The van der Waals surface area contributed by atoms with E-state index in [4.69, 9.17) is 0 Å². The molecule has 0 spiro atoms. The van der Waals surface area contributed by atoms with E-state index in [2.05, 4.69) is 63.3 Å². The SMILES string of the molecule is FC(F)(F)c1cccc(NC2CCN3CCc4c(n(Cc5ccccc5)c5ccccc45)C3C2)c1. The van der Waals surface area contributed by atoms with Crippen LogP contribution >= 0.6 is 0 Å². The van der Waals surface area contributed by atoms with Gasteiger partial charge in [0.05, 0.1) is 11.6 Å². The highest BCUT2D eigenvalue weighted by molar-refractivity contribution is 5.86. The number of hydrogen-bond donors (Lipinski definition) is 1. The standard InChI is InChI=1S/C29H28F3N3/c30-29(31,32)21-9-6-10-22(17-21)33-23-13-15-34-16-14-25-24-11-4-5-12-26(24)35(28(25)27(34)18-23)19-20-7-2-1-3-8-20/h1-12,17,23,27,33H,13-16,18-19H2. The lowest BCUT2D eigenvalue weighted by Crippen LogP contribution is -2.45. The number of para-hydroxylation sites is 1. The van der Waals surface area contributed by atoms with Crippen LogP contribution in [0.4, 0.5) is 18.9 Å². The van der Waals surface area contributed by atoms with Crippen molar-refractivity contribution in [2.24, 2.45) is 0 Å². The van der Waals surface area contributed by atoms with Gasteiger partial charge in [-0.05, 0) is 54.7 Å². The minimum absolute atomic E-state index is 0.119. The van der Waals surface area contributed by atoms with Gasteiger partial charge in [0, 0.05) is 48.0 Å². The molecule has 180 valence electrons. The summed E-state index contributed by atoms with van der Waals surface area (Å²) in [6.07, 6.45) is -1.52. The molecule has 3 heterocycles. The zero-order valence-corrected chi connectivity index (χ0v) is 19.4. The van der Waals surface area contributed by atoms with Crippen LogP contribution in [0.25, 0.3) is 10.9 Å². The Morgan fingerprint density at radius 3 is 2.51 bits per heavy atom. The molecule has 3 nitrogen and oxygen atoms in total. The van der Waals surface area contributed by atoms with Crippen LogP contribution in [0.15, 0.2) is 78.9 Å². The molecule has 4 aromatic rings. The number of fused-ring (bicyclic) bond motifs is 5.